The van der Waals surface area contributed by atoms with Gasteiger partial charge in [0, 0.05) is 25.6 Å². The van der Waals surface area contributed by atoms with Gasteiger partial charge in [0.05, 0.1) is 6.61 Å². The number of guanidine groups is 1. The first-order valence-electron chi connectivity index (χ1n) is 10.5. The van der Waals surface area contributed by atoms with E-state index in [1.165, 1.54) is 23.1 Å². The van der Waals surface area contributed by atoms with Crippen LogP contribution in [0.1, 0.15) is 24.8 Å². The zero-order chi connectivity index (χ0) is 23.4. The summed E-state index contributed by atoms with van der Waals surface area (Å²) in [5, 5.41) is 0. The Balaban J connectivity index is 1.61. The van der Waals surface area contributed by atoms with Gasteiger partial charge in [-0.2, -0.15) is 0 Å². The molecule has 3 heterocycles. The zero-order valence-electron chi connectivity index (χ0n) is 17.8. The van der Waals surface area contributed by atoms with E-state index in [1.807, 2.05) is 0 Å². The van der Waals surface area contributed by atoms with Gasteiger partial charge >= 0.3 is 6.36 Å². The molecule has 0 unspecified atom stereocenters. The summed E-state index contributed by atoms with van der Waals surface area (Å²) in [6, 6.07) is 10.8. The van der Waals surface area contributed by atoms with Gasteiger partial charge in [0.2, 0.25) is 0 Å². The Labute approximate surface area is 187 Å². The van der Waals surface area contributed by atoms with Crippen LogP contribution in [0.25, 0.3) is 11.1 Å². The van der Waals surface area contributed by atoms with E-state index in [2.05, 4.69) is 9.73 Å². The van der Waals surface area contributed by atoms with Crippen molar-refractivity contribution < 1.29 is 32.2 Å². The number of rotatable bonds is 2. The summed E-state index contributed by atoms with van der Waals surface area (Å²) in [6.45, 7) is 0.957. The fourth-order valence-electron chi connectivity index (χ4n) is 4.86. The maximum atomic E-state index is 13.4. The molecule has 2 atom stereocenters. The highest BCUT2D eigenvalue weighted by atomic mass is 19.4. The molecular weight excluding hydrogens is 439 g/mol. The smallest absolute Gasteiger partial charge is 0.484 e. The monoisotopic (exact) mass is 461 g/mol. The highest BCUT2D eigenvalue weighted by molar-refractivity contribution is 6.07. The van der Waals surface area contributed by atoms with E-state index in [0.29, 0.717) is 42.1 Å². The molecule has 1 fully saturated rings. The molecule has 2 spiro atoms. The van der Waals surface area contributed by atoms with Crippen LogP contribution in [0.3, 0.4) is 0 Å². The van der Waals surface area contributed by atoms with Crippen molar-refractivity contribution in [3.8, 4) is 22.6 Å². The van der Waals surface area contributed by atoms with Gasteiger partial charge in [0.1, 0.15) is 17.1 Å². The fraction of sp³-hybridized carbons (Fsp3) is 0.391. The number of carbonyl (C=O) groups is 1. The molecule has 1 amide bonds. The minimum atomic E-state index is -4.80. The normalized spacial score (nSPS) is 26.8. The summed E-state index contributed by atoms with van der Waals surface area (Å²) in [5.74, 6) is -0.0224. The Bertz CT molecular complexity index is 1140. The van der Waals surface area contributed by atoms with Crippen LogP contribution in [0.2, 0.25) is 0 Å². The van der Waals surface area contributed by atoms with E-state index in [9.17, 15) is 18.0 Å². The predicted octanol–water partition coefficient (Wildman–Crippen LogP) is 3.57. The number of carbonyl (C=O) groups excluding carboxylic acids is 1. The first kappa shape index (κ1) is 21.6. The second-order valence-electron chi connectivity index (χ2n) is 8.60. The second kappa shape index (κ2) is 7.38. The van der Waals surface area contributed by atoms with Gasteiger partial charge in [0.15, 0.2) is 11.5 Å². The third kappa shape index (κ3) is 3.68. The molecular formula is C23H22F3N3O4. The van der Waals surface area contributed by atoms with Gasteiger partial charge in [-0.15, -0.1) is 13.2 Å². The molecule has 2 aromatic carbocycles. The van der Waals surface area contributed by atoms with Crippen molar-refractivity contribution in [2.45, 2.75) is 36.8 Å². The Morgan fingerprint density at radius 2 is 1.97 bits per heavy atom. The molecule has 2 N–H and O–H groups in total. The predicted molar refractivity (Wildman–Crippen MR) is 113 cm³/mol. The fourth-order valence-corrected chi connectivity index (χ4v) is 4.86. The quantitative estimate of drug-likeness (QED) is 0.739. The van der Waals surface area contributed by atoms with E-state index in [0.717, 1.165) is 6.42 Å². The number of nitrogens with zero attached hydrogens (tertiary/aromatic N) is 2. The molecule has 2 aromatic rings. The van der Waals surface area contributed by atoms with E-state index in [4.69, 9.17) is 15.2 Å². The molecule has 3 aliphatic heterocycles. The molecule has 33 heavy (non-hydrogen) atoms. The summed E-state index contributed by atoms with van der Waals surface area (Å²) in [5.41, 5.74) is 5.65. The largest absolute Gasteiger partial charge is 0.573 e. The lowest BCUT2D eigenvalue weighted by atomic mass is 9.74. The number of aliphatic imine (C=N–C) groups is 1. The Kier molecular flexibility index (Phi) is 4.82. The van der Waals surface area contributed by atoms with Crippen molar-refractivity contribution >= 4 is 11.9 Å². The Morgan fingerprint density at radius 3 is 2.64 bits per heavy atom. The average molecular weight is 461 g/mol. The van der Waals surface area contributed by atoms with Gasteiger partial charge in [-0.1, -0.05) is 18.2 Å². The van der Waals surface area contributed by atoms with Crippen molar-refractivity contribution in [2.24, 2.45) is 10.7 Å². The number of halogens is 3. The van der Waals surface area contributed by atoms with Crippen LogP contribution in [0.4, 0.5) is 13.2 Å². The van der Waals surface area contributed by atoms with Crippen molar-refractivity contribution in [1.29, 1.82) is 0 Å². The lowest BCUT2D eigenvalue weighted by Crippen LogP contribution is -2.55. The molecule has 0 aromatic heterocycles. The highest BCUT2D eigenvalue weighted by Gasteiger charge is 2.58. The maximum absolute atomic E-state index is 13.4. The number of nitrogens with two attached hydrogens (primary N) is 1. The number of ether oxygens (including phenoxy) is 3. The average Bonchev–Trinajstić information content (AvgIpc) is 2.97. The third-order valence-corrected chi connectivity index (χ3v) is 6.32. The van der Waals surface area contributed by atoms with E-state index in [-0.39, 0.29) is 24.0 Å². The molecule has 0 radical (unpaired) electrons. The van der Waals surface area contributed by atoms with Gasteiger partial charge in [-0.3, -0.25) is 9.69 Å². The second-order valence-corrected chi connectivity index (χ2v) is 8.60. The van der Waals surface area contributed by atoms with Gasteiger partial charge in [0.25, 0.3) is 5.91 Å². The Morgan fingerprint density at radius 1 is 1.18 bits per heavy atom. The van der Waals surface area contributed by atoms with Crippen LogP contribution in [-0.2, 0) is 15.1 Å². The summed E-state index contributed by atoms with van der Waals surface area (Å²) in [4.78, 5) is 19.3. The molecule has 7 nitrogen and oxygen atoms in total. The van der Waals surface area contributed by atoms with Crippen molar-refractivity contribution in [2.75, 3.05) is 20.3 Å². The standard InChI is InChI=1S/C23H22F3N3O4/c1-29-19(30)22(28-20(29)27)12-21(8-3-9-31-13-21)33-18-7-6-15(11-17(18)22)14-4-2-5-16(10-14)32-23(24,25)26/h2,4-7,10-11H,3,8-9,12-13H2,1H3,(H2,27,28)/t21-,22+/m1/s1. The van der Waals surface area contributed by atoms with Crippen LogP contribution in [0, 0.1) is 0 Å². The van der Waals surface area contributed by atoms with Crippen LogP contribution in [-0.4, -0.2) is 49.0 Å². The molecule has 3 aliphatic rings. The summed E-state index contributed by atoms with van der Waals surface area (Å²) >= 11 is 0. The first-order chi connectivity index (χ1) is 15.6. The van der Waals surface area contributed by atoms with Crippen LogP contribution >= 0.6 is 0 Å². The van der Waals surface area contributed by atoms with E-state index >= 15 is 0 Å². The molecule has 0 saturated carbocycles. The molecule has 1 saturated heterocycles. The number of hydrogen-bond donors (Lipinski definition) is 1. The minimum absolute atomic E-state index is 0.103. The molecule has 0 aliphatic carbocycles. The maximum Gasteiger partial charge on any atom is 0.573 e. The third-order valence-electron chi connectivity index (χ3n) is 6.32. The number of alkyl halides is 3. The van der Waals surface area contributed by atoms with Crippen LogP contribution < -0.4 is 15.2 Å². The summed E-state index contributed by atoms with van der Waals surface area (Å²) in [7, 11) is 1.57. The summed E-state index contributed by atoms with van der Waals surface area (Å²) < 4.78 is 54.1. The van der Waals surface area contributed by atoms with E-state index in [1.54, 1.807) is 31.3 Å². The summed E-state index contributed by atoms with van der Waals surface area (Å²) in [6.07, 6.45) is -3.04. The Hall–Kier alpha value is -3.27. The lowest BCUT2D eigenvalue weighted by molar-refractivity contribution is -0.274. The van der Waals surface area contributed by atoms with Crippen molar-refractivity contribution in [3.63, 3.8) is 0 Å². The number of benzene rings is 2. The SMILES string of the molecule is CN1C(=O)[C@@]2(C[C@@]3(CCCOC3)Oc3ccc(-c4cccc(OC(F)(F)F)c4)cc32)N=C1N. The van der Waals surface area contributed by atoms with Gasteiger partial charge in [-0.25, -0.2) is 4.99 Å². The van der Waals surface area contributed by atoms with E-state index < -0.39 is 17.5 Å². The molecule has 0 bridgehead atoms. The number of fused-ring (bicyclic) bond motifs is 2. The van der Waals surface area contributed by atoms with Gasteiger partial charge < -0.3 is 19.9 Å². The first-order valence-corrected chi connectivity index (χ1v) is 10.5. The topological polar surface area (TPSA) is 86.4 Å². The number of likely N-dealkylation sites (N-methyl/N-ethyl adjacent to an activating group) is 1. The number of hydrogen-bond acceptors (Lipinski definition) is 6. The minimum Gasteiger partial charge on any atom is -0.484 e. The van der Waals surface area contributed by atoms with Crippen LogP contribution in [0.5, 0.6) is 11.5 Å². The molecule has 174 valence electrons. The molecule has 5 rings (SSSR count). The number of amides is 1. The molecule has 10 heteroatoms. The lowest BCUT2D eigenvalue weighted by Gasteiger charge is -2.46. The van der Waals surface area contributed by atoms with Crippen molar-refractivity contribution in [1.82, 2.24) is 4.90 Å². The van der Waals surface area contributed by atoms with Crippen LogP contribution in [0.15, 0.2) is 47.5 Å². The highest BCUT2D eigenvalue weighted by Crippen LogP contribution is 2.51. The zero-order valence-corrected chi connectivity index (χ0v) is 17.8. The van der Waals surface area contributed by atoms with Gasteiger partial charge in [-0.05, 0) is 48.2 Å². The van der Waals surface area contributed by atoms with Crippen molar-refractivity contribution in [3.05, 3.63) is 48.0 Å².